The van der Waals surface area contributed by atoms with Gasteiger partial charge < -0.3 is 14.4 Å². The fourth-order valence-electron chi connectivity index (χ4n) is 2.30. The van der Waals surface area contributed by atoms with Gasteiger partial charge in [0.2, 0.25) is 0 Å². The number of nitrogens with zero attached hydrogens (tertiary/aromatic N) is 1. The van der Waals surface area contributed by atoms with Gasteiger partial charge in [-0.2, -0.15) is 21.6 Å². The van der Waals surface area contributed by atoms with Gasteiger partial charge in [-0.1, -0.05) is 6.07 Å². The summed E-state index contributed by atoms with van der Waals surface area (Å²) in [6.07, 6.45) is -1.47. The van der Waals surface area contributed by atoms with E-state index < -0.39 is 39.5 Å². The smallest absolute Gasteiger partial charge is 0.479 e. The summed E-state index contributed by atoms with van der Waals surface area (Å²) >= 11 is 0. The molecule has 12 heteroatoms. The fourth-order valence-corrected chi connectivity index (χ4v) is 2.75. The van der Waals surface area contributed by atoms with Gasteiger partial charge in [0.1, 0.15) is 5.75 Å². The van der Waals surface area contributed by atoms with Crippen LogP contribution >= 0.6 is 0 Å². The highest BCUT2D eigenvalue weighted by molar-refractivity contribution is 7.88. The Kier molecular flexibility index (Phi) is 4.35. The molecular weight excluding hydrogens is 359 g/mol. The Bertz CT molecular complexity index is 790. The summed E-state index contributed by atoms with van der Waals surface area (Å²) in [4.78, 5) is 23.0. The lowest BCUT2D eigenvalue weighted by molar-refractivity contribution is -0.143. The maximum atomic E-state index is 12.3. The minimum atomic E-state index is -5.85. The highest BCUT2D eigenvalue weighted by atomic mass is 32.2. The molecule has 1 unspecified atom stereocenters. The van der Waals surface area contributed by atoms with Crippen molar-refractivity contribution in [1.29, 1.82) is 0 Å². The monoisotopic (exact) mass is 369 g/mol. The summed E-state index contributed by atoms with van der Waals surface area (Å²) in [7, 11) is -5.85. The lowest BCUT2D eigenvalue weighted by atomic mass is 9.92. The Labute approximate surface area is 133 Å². The summed E-state index contributed by atoms with van der Waals surface area (Å²) in [5, 5.41) is 18.2. The molecule has 2 N–H and O–H groups in total. The van der Waals surface area contributed by atoms with Gasteiger partial charge in [-0.25, -0.2) is 9.59 Å². The molecule has 0 saturated carbocycles. The van der Waals surface area contributed by atoms with Gasteiger partial charge in [-0.3, -0.25) is 4.90 Å². The SMILES string of the molecule is O=C(O)C1c2ccc(OS(=O)(=O)C(F)(F)F)cc2CCN1C(=O)O. The maximum absolute atomic E-state index is 12.3. The average Bonchev–Trinajstić information content (AvgIpc) is 2.43. The van der Waals surface area contributed by atoms with E-state index in [0.29, 0.717) is 4.90 Å². The van der Waals surface area contributed by atoms with Crippen molar-refractivity contribution in [2.24, 2.45) is 0 Å². The molecule has 0 spiro atoms. The minimum absolute atomic E-state index is 0.00528. The molecule has 132 valence electrons. The zero-order valence-electron chi connectivity index (χ0n) is 11.6. The Morgan fingerprint density at radius 1 is 1.25 bits per heavy atom. The molecule has 2 rings (SSSR count). The predicted octanol–water partition coefficient (Wildman–Crippen LogP) is 1.58. The third-order valence-electron chi connectivity index (χ3n) is 3.31. The van der Waals surface area contributed by atoms with Crippen LogP contribution in [0.3, 0.4) is 0 Å². The number of alkyl halides is 3. The first-order valence-corrected chi connectivity index (χ1v) is 7.71. The molecule has 0 bridgehead atoms. The quantitative estimate of drug-likeness (QED) is 0.613. The molecule has 1 aliphatic rings. The van der Waals surface area contributed by atoms with Gasteiger partial charge in [0.25, 0.3) is 0 Å². The van der Waals surface area contributed by atoms with E-state index in [4.69, 9.17) is 5.11 Å². The van der Waals surface area contributed by atoms with E-state index in [1.807, 2.05) is 0 Å². The fraction of sp³-hybridized carbons (Fsp3) is 0.333. The third kappa shape index (κ3) is 3.22. The highest BCUT2D eigenvalue weighted by Gasteiger charge is 2.48. The van der Waals surface area contributed by atoms with Crippen molar-refractivity contribution in [3.8, 4) is 5.75 Å². The van der Waals surface area contributed by atoms with Crippen LogP contribution in [0.4, 0.5) is 18.0 Å². The number of amides is 1. The van der Waals surface area contributed by atoms with Crippen LogP contribution < -0.4 is 4.18 Å². The van der Waals surface area contributed by atoms with Crippen LogP contribution in [0, 0.1) is 0 Å². The lowest BCUT2D eigenvalue weighted by Crippen LogP contribution is -2.42. The number of halogens is 3. The van der Waals surface area contributed by atoms with Crippen LogP contribution in [0.5, 0.6) is 5.75 Å². The van der Waals surface area contributed by atoms with Crippen molar-refractivity contribution in [3.05, 3.63) is 29.3 Å². The number of carbonyl (C=O) groups is 2. The number of fused-ring (bicyclic) bond motifs is 1. The van der Waals surface area contributed by atoms with E-state index in [1.54, 1.807) is 0 Å². The topological polar surface area (TPSA) is 121 Å². The van der Waals surface area contributed by atoms with E-state index in [0.717, 1.165) is 18.2 Å². The molecule has 1 heterocycles. The van der Waals surface area contributed by atoms with Crippen LogP contribution in [-0.4, -0.2) is 47.6 Å². The van der Waals surface area contributed by atoms with E-state index in [9.17, 15) is 36.3 Å². The molecule has 0 saturated heterocycles. The standard InChI is InChI=1S/C12H10F3NO7S/c13-12(14,15)24(21,22)23-7-1-2-8-6(5-7)3-4-16(11(19)20)9(8)10(17)18/h1-2,5,9H,3-4H2,(H,17,18)(H,19,20). The molecule has 1 amide bonds. The normalized spacial score (nSPS) is 18.0. The molecule has 0 fully saturated rings. The Balaban J connectivity index is 2.40. The van der Waals surface area contributed by atoms with E-state index in [1.165, 1.54) is 0 Å². The number of aliphatic carboxylic acids is 1. The first kappa shape index (κ1) is 17.8. The van der Waals surface area contributed by atoms with Gasteiger partial charge in [-0.05, 0) is 29.7 Å². The zero-order valence-corrected chi connectivity index (χ0v) is 12.5. The Morgan fingerprint density at radius 3 is 2.38 bits per heavy atom. The van der Waals surface area contributed by atoms with Gasteiger partial charge in [0.15, 0.2) is 6.04 Å². The van der Waals surface area contributed by atoms with Gasteiger partial charge in [0, 0.05) is 6.54 Å². The van der Waals surface area contributed by atoms with Crippen molar-refractivity contribution in [2.75, 3.05) is 6.54 Å². The zero-order chi connectivity index (χ0) is 18.3. The number of benzene rings is 1. The van der Waals surface area contributed by atoms with Crippen molar-refractivity contribution in [2.45, 2.75) is 18.0 Å². The summed E-state index contributed by atoms with van der Waals surface area (Å²) in [6.45, 7) is -0.214. The number of hydrogen-bond donors (Lipinski definition) is 2. The number of carboxylic acid groups (broad SMARTS) is 2. The molecule has 0 aliphatic carbocycles. The van der Waals surface area contributed by atoms with E-state index in [-0.39, 0.29) is 24.1 Å². The molecular formula is C12H10F3NO7S. The van der Waals surface area contributed by atoms with Gasteiger partial charge in [0.05, 0.1) is 0 Å². The second kappa shape index (κ2) is 5.85. The van der Waals surface area contributed by atoms with E-state index in [2.05, 4.69) is 4.18 Å². The largest absolute Gasteiger partial charge is 0.534 e. The molecule has 1 aromatic rings. The Hall–Kier alpha value is -2.50. The van der Waals surface area contributed by atoms with Crippen LogP contribution in [0.2, 0.25) is 0 Å². The molecule has 1 atom stereocenters. The number of rotatable bonds is 3. The van der Waals surface area contributed by atoms with Crippen LogP contribution in [0.25, 0.3) is 0 Å². The molecule has 24 heavy (non-hydrogen) atoms. The van der Waals surface area contributed by atoms with Gasteiger partial charge >= 0.3 is 27.7 Å². The second-order valence-electron chi connectivity index (χ2n) is 4.81. The molecule has 1 aromatic carbocycles. The third-order valence-corrected chi connectivity index (χ3v) is 4.29. The Morgan fingerprint density at radius 2 is 1.88 bits per heavy atom. The number of carboxylic acids is 1. The summed E-state index contributed by atoms with van der Waals surface area (Å²) < 4.78 is 62.8. The van der Waals surface area contributed by atoms with Crippen molar-refractivity contribution < 1.29 is 45.6 Å². The van der Waals surface area contributed by atoms with E-state index >= 15 is 0 Å². The predicted molar refractivity (Wildman–Crippen MR) is 70.9 cm³/mol. The molecule has 0 aromatic heterocycles. The summed E-state index contributed by atoms with van der Waals surface area (Å²) in [5.74, 6) is -2.10. The molecule has 8 nitrogen and oxygen atoms in total. The second-order valence-corrected chi connectivity index (χ2v) is 6.35. The van der Waals surface area contributed by atoms with Crippen LogP contribution in [0.1, 0.15) is 17.2 Å². The molecule has 0 radical (unpaired) electrons. The number of hydrogen-bond acceptors (Lipinski definition) is 5. The van der Waals surface area contributed by atoms with Crippen molar-refractivity contribution in [1.82, 2.24) is 4.90 Å². The van der Waals surface area contributed by atoms with Crippen LogP contribution in [0.15, 0.2) is 18.2 Å². The first-order chi connectivity index (χ1) is 10.9. The molecule has 1 aliphatic heterocycles. The maximum Gasteiger partial charge on any atom is 0.534 e. The van der Waals surface area contributed by atoms with Crippen molar-refractivity contribution in [3.63, 3.8) is 0 Å². The van der Waals surface area contributed by atoms with Crippen molar-refractivity contribution >= 4 is 22.2 Å². The van der Waals surface area contributed by atoms with Gasteiger partial charge in [-0.15, -0.1) is 0 Å². The average molecular weight is 369 g/mol. The summed E-state index contributed by atoms with van der Waals surface area (Å²) in [5.41, 5.74) is -5.38. The first-order valence-electron chi connectivity index (χ1n) is 6.30. The van der Waals surface area contributed by atoms with Crippen LogP contribution in [-0.2, 0) is 21.3 Å². The minimum Gasteiger partial charge on any atom is -0.479 e. The summed E-state index contributed by atoms with van der Waals surface area (Å²) in [6, 6.07) is 1.28. The highest BCUT2D eigenvalue weighted by Crippen LogP contribution is 2.34. The lowest BCUT2D eigenvalue weighted by Gasteiger charge is -2.32.